The van der Waals surface area contributed by atoms with Crippen molar-refractivity contribution in [3.63, 3.8) is 0 Å². The van der Waals surface area contributed by atoms with Gasteiger partial charge >= 0.3 is 17.8 Å². The highest BCUT2D eigenvalue weighted by Crippen LogP contribution is 2.39. The zero-order valence-electron chi connectivity index (χ0n) is 20.8. The monoisotopic (exact) mass is 555 g/mol. The molecule has 0 fully saturated rings. The number of aryl methyl sites for hydroxylation is 1. The molecule has 0 saturated heterocycles. The Bertz CT molecular complexity index is 1370. The predicted molar refractivity (Wildman–Crippen MR) is 145 cm³/mol. The Hall–Kier alpha value is -3.89. The molecule has 0 radical (unpaired) electrons. The Morgan fingerprint density at radius 1 is 1.08 bits per heavy atom. The van der Waals surface area contributed by atoms with Crippen LogP contribution in [0.15, 0.2) is 47.6 Å². The maximum atomic E-state index is 12.5. The quantitative estimate of drug-likeness (QED) is 0.170. The van der Waals surface area contributed by atoms with Gasteiger partial charge in [-0.05, 0) is 73.2 Å². The lowest BCUT2D eigenvalue weighted by Gasteiger charge is -2.11. The summed E-state index contributed by atoms with van der Waals surface area (Å²) < 4.78 is 16.4. The molecule has 4 rings (SSSR count). The normalized spacial score (nSPS) is 12.2. The Labute approximate surface area is 228 Å². The van der Waals surface area contributed by atoms with E-state index >= 15 is 0 Å². The van der Waals surface area contributed by atoms with Crippen molar-refractivity contribution in [2.45, 2.75) is 32.8 Å². The standard InChI is InChI=1S/C27H26ClN3O6S/c1-3-36-27(34)23-19-5-4-6-22(19)38-26(23)30-24(32)25(33)31-29-14-17-9-12-20(21(13-17)35-2)37-15-16-7-10-18(28)11-8-16/h7-14H,3-6,15H2,1-2H3,(H,30,32)(H,31,33)/b29-14+. The van der Waals surface area contributed by atoms with E-state index in [0.29, 0.717) is 39.3 Å². The van der Waals surface area contributed by atoms with Gasteiger partial charge in [0.2, 0.25) is 0 Å². The maximum absolute atomic E-state index is 12.5. The average molecular weight is 556 g/mol. The van der Waals surface area contributed by atoms with Crippen molar-refractivity contribution in [2.75, 3.05) is 19.0 Å². The van der Waals surface area contributed by atoms with Crippen molar-refractivity contribution in [2.24, 2.45) is 5.10 Å². The van der Waals surface area contributed by atoms with E-state index in [1.807, 2.05) is 12.1 Å². The van der Waals surface area contributed by atoms with E-state index < -0.39 is 17.8 Å². The second kappa shape index (κ2) is 12.6. The number of halogens is 1. The lowest BCUT2D eigenvalue weighted by atomic mass is 10.1. The van der Waals surface area contributed by atoms with Crippen molar-refractivity contribution < 1.29 is 28.6 Å². The van der Waals surface area contributed by atoms with Crippen molar-refractivity contribution >= 4 is 51.9 Å². The Kier molecular flexibility index (Phi) is 8.98. The van der Waals surface area contributed by atoms with Crippen molar-refractivity contribution in [1.29, 1.82) is 0 Å². The Balaban J connectivity index is 1.35. The second-order valence-electron chi connectivity index (χ2n) is 8.26. The minimum atomic E-state index is -0.973. The maximum Gasteiger partial charge on any atom is 0.341 e. The van der Waals surface area contributed by atoms with Crippen molar-refractivity contribution in [3.8, 4) is 11.5 Å². The van der Waals surface area contributed by atoms with Gasteiger partial charge < -0.3 is 19.5 Å². The number of esters is 1. The zero-order valence-corrected chi connectivity index (χ0v) is 22.4. The van der Waals surface area contributed by atoms with E-state index in [2.05, 4.69) is 15.8 Å². The number of amides is 2. The molecular formula is C27H26ClN3O6S. The molecule has 1 heterocycles. The molecule has 38 heavy (non-hydrogen) atoms. The number of benzene rings is 2. The fourth-order valence-corrected chi connectivity index (χ4v) is 5.31. The van der Waals surface area contributed by atoms with Gasteiger partial charge in [0, 0.05) is 9.90 Å². The number of fused-ring (bicyclic) bond motifs is 1. The molecule has 9 nitrogen and oxygen atoms in total. The third-order valence-electron chi connectivity index (χ3n) is 5.71. The molecule has 0 saturated carbocycles. The number of nitrogens with zero attached hydrogens (tertiary/aromatic N) is 1. The molecule has 198 valence electrons. The molecule has 0 bridgehead atoms. The highest BCUT2D eigenvalue weighted by atomic mass is 35.5. The number of hydrazone groups is 1. The third kappa shape index (κ3) is 6.51. The molecule has 3 aromatic rings. The first-order valence-corrected chi connectivity index (χ1v) is 13.1. The summed E-state index contributed by atoms with van der Waals surface area (Å²) in [6, 6.07) is 12.5. The van der Waals surface area contributed by atoms with Crippen LogP contribution < -0.4 is 20.2 Å². The van der Waals surface area contributed by atoms with Crippen LogP contribution >= 0.6 is 22.9 Å². The summed E-state index contributed by atoms with van der Waals surface area (Å²) in [6.07, 6.45) is 3.88. The van der Waals surface area contributed by atoms with Gasteiger partial charge in [-0.2, -0.15) is 5.10 Å². The Morgan fingerprint density at radius 2 is 1.87 bits per heavy atom. The number of anilines is 1. The molecular weight excluding hydrogens is 530 g/mol. The van der Waals surface area contributed by atoms with E-state index in [-0.39, 0.29) is 6.61 Å². The van der Waals surface area contributed by atoms with E-state index in [0.717, 1.165) is 35.3 Å². The highest BCUT2D eigenvalue weighted by Gasteiger charge is 2.29. The zero-order chi connectivity index (χ0) is 27.1. The highest BCUT2D eigenvalue weighted by molar-refractivity contribution is 7.17. The van der Waals surface area contributed by atoms with Gasteiger partial charge in [-0.1, -0.05) is 23.7 Å². The van der Waals surface area contributed by atoms with Gasteiger partial charge in [0.05, 0.1) is 25.5 Å². The lowest BCUT2D eigenvalue weighted by Crippen LogP contribution is -2.32. The fourth-order valence-electron chi connectivity index (χ4n) is 3.91. The van der Waals surface area contributed by atoms with Crippen LogP contribution in [-0.4, -0.2) is 37.7 Å². The fraction of sp³-hybridized carbons (Fsp3) is 0.259. The third-order valence-corrected chi connectivity index (χ3v) is 7.17. The largest absolute Gasteiger partial charge is 0.493 e. The van der Waals surface area contributed by atoms with E-state index in [1.54, 1.807) is 37.3 Å². The van der Waals surface area contributed by atoms with Crippen LogP contribution in [0.3, 0.4) is 0 Å². The second-order valence-corrected chi connectivity index (χ2v) is 9.80. The smallest absolute Gasteiger partial charge is 0.341 e. The van der Waals surface area contributed by atoms with Crippen LogP contribution in [0.25, 0.3) is 0 Å². The lowest BCUT2D eigenvalue weighted by molar-refractivity contribution is -0.136. The molecule has 0 unspecified atom stereocenters. The number of hydrogen-bond donors (Lipinski definition) is 2. The average Bonchev–Trinajstić information content (AvgIpc) is 3.49. The van der Waals surface area contributed by atoms with Gasteiger partial charge in [0.15, 0.2) is 11.5 Å². The minimum absolute atomic E-state index is 0.215. The summed E-state index contributed by atoms with van der Waals surface area (Å²) in [7, 11) is 1.52. The summed E-state index contributed by atoms with van der Waals surface area (Å²) >= 11 is 7.21. The molecule has 0 aliphatic heterocycles. The SMILES string of the molecule is CCOC(=O)c1c(NC(=O)C(=O)N/N=C/c2ccc(OCc3ccc(Cl)cc3)c(OC)c2)sc2c1CCC2. The summed E-state index contributed by atoms with van der Waals surface area (Å²) in [6.45, 7) is 2.26. The van der Waals surface area contributed by atoms with Crippen LogP contribution in [0.1, 0.15) is 45.3 Å². The van der Waals surface area contributed by atoms with Gasteiger partial charge in [0.25, 0.3) is 0 Å². The predicted octanol–water partition coefficient (Wildman–Crippen LogP) is 4.74. The number of ether oxygens (including phenoxy) is 3. The van der Waals surface area contributed by atoms with Crippen LogP contribution in [0, 0.1) is 0 Å². The van der Waals surface area contributed by atoms with E-state index in [4.69, 9.17) is 25.8 Å². The Morgan fingerprint density at radius 3 is 2.61 bits per heavy atom. The summed E-state index contributed by atoms with van der Waals surface area (Å²) in [4.78, 5) is 38.3. The number of hydrogen-bond acceptors (Lipinski definition) is 8. The molecule has 2 N–H and O–H groups in total. The molecule has 1 aliphatic carbocycles. The van der Waals surface area contributed by atoms with Crippen LogP contribution in [0.2, 0.25) is 5.02 Å². The number of carbonyl (C=O) groups excluding carboxylic acids is 3. The number of thiophene rings is 1. The van der Waals surface area contributed by atoms with Gasteiger partial charge in [-0.3, -0.25) is 9.59 Å². The van der Waals surface area contributed by atoms with Crippen LogP contribution in [0.5, 0.6) is 11.5 Å². The molecule has 11 heteroatoms. The van der Waals surface area contributed by atoms with Crippen molar-refractivity contribution in [1.82, 2.24) is 5.43 Å². The van der Waals surface area contributed by atoms with Gasteiger partial charge in [-0.15, -0.1) is 11.3 Å². The summed E-state index contributed by atoms with van der Waals surface area (Å²) in [5.41, 5.74) is 4.98. The first-order chi connectivity index (χ1) is 18.4. The summed E-state index contributed by atoms with van der Waals surface area (Å²) in [5.74, 6) is -1.40. The minimum Gasteiger partial charge on any atom is -0.493 e. The van der Waals surface area contributed by atoms with Gasteiger partial charge in [-0.25, -0.2) is 10.2 Å². The van der Waals surface area contributed by atoms with E-state index in [1.165, 1.54) is 24.7 Å². The number of carbonyl (C=O) groups is 3. The van der Waals surface area contributed by atoms with Crippen LogP contribution in [0.4, 0.5) is 5.00 Å². The topological polar surface area (TPSA) is 115 Å². The van der Waals surface area contributed by atoms with E-state index in [9.17, 15) is 14.4 Å². The molecule has 1 aromatic heterocycles. The van der Waals surface area contributed by atoms with Crippen molar-refractivity contribution in [3.05, 3.63) is 74.6 Å². The van der Waals surface area contributed by atoms with Gasteiger partial charge in [0.1, 0.15) is 11.6 Å². The molecule has 0 atom stereocenters. The van der Waals surface area contributed by atoms with Crippen LogP contribution in [-0.2, 0) is 33.8 Å². The number of methoxy groups -OCH3 is 1. The number of rotatable bonds is 9. The molecule has 0 spiro atoms. The molecule has 2 aromatic carbocycles. The molecule has 1 aliphatic rings. The summed E-state index contributed by atoms with van der Waals surface area (Å²) in [5, 5.41) is 7.36. The number of nitrogens with one attached hydrogen (secondary N) is 2. The first-order valence-electron chi connectivity index (χ1n) is 11.9. The molecule has 2 amide bonds. The first kappa shape index (κ1) is 27.2.